The zero-order valence-electron chi connectivity index (χ0n) is 15.6. The van der Waals surface area contributed by atoms with E-state index in [0.717, 1.165) is 11.1 Å². The van der Waals surface area contributed by atoms with Gasteiger partial charge in [0.05, 0.1) is 4.90 Å². The standard InChI is InChI=1S/C19H22N6O2S/c1-14-8-10-16(11-9-14)28(26,27)24-23-18-17(20)19(22-13-21-18)25(2)12-15-6-4-3-5-7-15/h3-11,13,24H,12,20H2,1-2H3,(H,21,22,23). The third-order valence-corrected chi connectivity index (χ3v) is 5.39. The van der Waals surface area contributed by atoms with Gasteiger partial charge in [0.2, 0.25) is 0 Å². The summed E-state index contributed by atoms with van der Waals surface area (Å²) in [5.41, 5.74) is 11.1. The lowest BCUT2D eigenvalue weighted by atomic mass is 10.2. The highest BCUT2D eigenvalue weighted by Gasteiger charge is 2.17. The lowest BCUT2D eigenvalue weighted by molar-refractivity contribution is 0.587. The fraction of sp³-hybridized carbons (Fsp3) is 0.158. The van der Waals surface area contributed by atoms with Crippen molar-refractivity contribution < 1.29 is 8.42 Å². The minimum atomic E-state index is -3.76. The summed E-state index contributed by atoms with van der Waals surface area (Å²) in [6, 6.07) is 16.4. The van der Waals surface area contributed by atoms with Crippen LogP contribution in [0.2, 0.25) is 0 Å². The molecule has 0 saturated carbocycles. The molecule has 0 radical (unpaired) electrons. The van der Waals surface area contributed by atoms with E-state index in [-0.39, 0.29) is 16.4 Å². The van der Waals surface area contributed by atoms with Crippen molar-refractivity contribution >= 4 is 27.3 Å². The number of nitrogens with zero attached hydrogens (tertiary/aromatic N) is 3. The van der Waals surface area contributed by atoms with Crippen LogP contribution in [0.5, 0.6) is 0 Å². The summed E-state index contributed by atoms with van der Waals surface area (Å²) in [6.07, 6.45) is 1.33. The third kappa shape index (κ3) is 4.56. The molecule has 0 aliphatic rings. The number of hydrogen-bond donors (Lipinski definition) is 3. The van der Waals surface area contributed by atoms with E-state index in [2.05, 4.69) is 20.2 Å². The number of benzene rings is 2. The fourth-order valence-corrected chi connectivity index (χ4v) is 3.46. The zero-order chi connectivity index (χ0) is 20.1. The van der Waals surface area contributed by atoms with Gasteiger partial charge in [0.25, 0.3) is 10.0 Å². The Balaban J connectivity index is 1.74. The Kier molecular flexibility index (Phi) is 5.76. The Morgan fingerprint density at radius 3 is 2.39 bits per heavy atom. The number of sulfonamides is 1. The molecule has 0 atom stereocenters. The van der Waals surface area contributed by atoms with Gasteiger partial charge < -0.3 is 10.6 Å². The van der Waals surface area contributed by atoms with Crippen LogP contribution < -0.4 is 20.9 Å². The Bertz CT molecular complexity index is 1040. The van der Waals surface area contributed by atoms with Crippen LogP contribution in [0.3, 0.4) is 0 Å². The Morgan fingerprint density at radius 1 is 1.04 bits per heavy atom. The molecule has 0 saturated heterocycles. The third-order valence-electron chi connectivity index (χ3n) is 4.12. The van der Waals surface area contributed by atoms with Crippen molar-refractivity contribution in [3.8, 4) is 0 Å². The second-order valence-corrected chi connectivity index (χ2v) is 8.03. The molecule has 3 aromatic rings. The van der Waals surface area contributed by atoms with E-state index >= 15 is 0 Å². The first kappa shape index (κ1) is 19.6. The van der Waals surface area contributed by atoms with Crippen molar-refractivity contribution in [3.05, 3.63) is 72.1 Å². The van der Waals surface area contributed by atoms with Crippen LogP contribution in [0.15, 0.2) is 65.8 Å². The van der Waals surface area contributed by atoms with Gasteiger partial charge in [-0.05, 0) is 24.6 Å². The molecule has 0 spiro atoms. The minimum Gasteiger partial charge on any atom is -0.393 e. The lowest BCUT2D eigenvalue weighted by Gasteiger charge is -2.21. The molecule has 1 heterocycles. The van der Waals surface area contributed by atoms with Gasteiger partial charge >= 0.3 is 0 Å². The molecule has 146 valence electrons. The van der Waals surface area contributed by atoms with Crippen molar-refractivity contribution in [2.24, 2.45) is 0 Å². The second kappa shape index (κ2) is 8.24. The van der Waals surface area contributed by atoms with Crippen molar-refractivity contribution in [2.45, 2.75) is 18.4 Å². The summed E-state index contributed by atoms with van der Waals surface area (Å²) in [5.74, 6) is 0.677. The zero-order valence-corrected chi connectivity index (χ0v) is 16.4. The van der Waals surface area contributed by atoms with E-state index in [9.17, 15) is 8.42 Å². The van der Waals surface area contributed by atoms with Crippen LogP contribution in [0, 0.1) is 6.92 Å². The average molecular weight is 398 g/mol. The van der Waals surface area contributed by atoms with E-state index in [1.54, 1.807) is 12.1 Å². The molecule has 2 aromatic carbocycles. The van der Waals surface area contributed by atoms with Gasteiger partial charge in [-0.2, -0.15) is 0 Å². The topological polar surface area (TPSA) is 113 Å². The van der Waals surface area contributed by atoms with Crippen LogP contribution >= 0.6 is 0 Å². The van der Waals surface area contributed by atoms with Crippen LogP contribution in [-0.4, -0.2) is 25.4 Å². The number of aromatic nitrogens is 2. The Labute approximate surface area is 164 Å². The fourth-order valence-electron chi connectivity index (χ4n) is 2.61. The molecule has 8 nitrogen and oxygen atoms in total. The van der Waals surface area contributed by atoms with Gasteiger partial charge in [0.15, 0.2) is 11.6 Å². The van der Waals surface area contributed by atoms with Gasteiger partial charge in [0.1, 0.15) is 12.0 Å². The van der Waals surface area contributed by atoms with Gasteiger partial charge in [-0.3, -0.25) is 5.43 Å². The highest BCUT2D eigenvalue weighted by atomic mass is 32.2. The van der Waals surface area contributed by atoms with E-state index < -0.39 is 10.0 Å². The number of aryl methyl sites for hydroxylation is 1. The molecule has 0 amide bonds. The SMILES string of the molecule is Cc1ccc(S(=O)(=O)NNc2ncnc(N(C)Cc3ccccc3)c2N)cc1. The normalized spacial score (nSPS) is 11.2. The van der Waals surface area contributed by atoms with Gasteiger partial charge in [-0.15, -0.1) is 4.83 Å². The predicted molar refractivity (Wildman–Crippen MR) is 110 cm³/mol. The number of anilines is 3. The molecular formula is C19H22N6O2S. The summed E-state index contributed by atoms with van der Waals surface area (Å²) in [7, 11) is -1.91. The van der Waals surface area contributed by atoms with Gasteiger partial charge in [0, 0.05) is 13.6 Å². The minimum absolute atomic E-state index is 0.139. The summed E-state index contributed by atoms with van der Waals surface area (Å²) in [4.78, 5) is 12.6. The lowest BCUT2D eigenvalue weighted by Crippen LogP contribution is -2.31. The molecule has 4 N–H and O–H groups in total. The van der Waals surface area contributed by atoms with Gasteiger partial charge in [-0.1, -0.05) is 48.0 Å². The molecule has 3 rings (SSSR count). The number of hydrogen-bond acceptors (Lipinski definition) is 7. The maximum atomic E-state index is 12.4. The highest BCUT2D eigenvalue weighted by molar-refractivity contribution is 7.89. The van der Waals surface area contributed by atoms with Crippen molar-refractivity contribution in [3.63, 3.8) is 0 Å². The van der Waals surface area contributed by atoms with E-state index in [4.69, 9.17) is 5.73 Å². The van der Waals surface area contributed by atoms with Crippen molar-refractivity contribution in [1.82, 2.24) is 14.8 Å². The predicted octanol–water partition coefficient (Wildman–Crippen LogP) is 2.31. The molecular weight excluding hydrogens is 376 g/mol. The Hall–Kier alpha value is -3.17. The largest absolute Gasteiger partial charge is 0.393 e. The molecule has 0 aliphatic carbocycles. The van der Waals surface area contributed by atoms with Crippen LogP contribution in [0.4, 0.5) is 17.3 Å². The number of nitrogens with one attached hydrogen (secondary N) is 2. The van der Waals surface area contributed by atoms with Crippen molar-refractivity contribution in [1.29, 1.82) is 0 Å². The first-order valence-electron chi connectivity index (χ1n) is 8.57. The molecule has 0 bridgehead atoms. The number of nitrogens with two attached hydrogens (primary N) is 1. The number of nitrogen functional groups attached to an aromatic ring is 1. The first-order chi connectivity index (χ1) is 13.4. The molecule has 0 unspecified atom stereocenters. The molecule has 1 aromatic heterocycles. The van der Waals surface area contributed by atoms with Crippen LogP contribution in [-0.2, 0) is 16.6 Å². The maximum Gasteiger partial charge on any atom is 0.257 e. The Morgan fingerprint density at radius 2 is 1.71 bits per heavy atom. The number of rotatable bonds is 7. The van der Waals surface area contributed by atoms with E-state index in [1.807, 2.05) is 49.2 Å². The van der Waals surface area contributed by atoms with Crippen molar-refractivity contribution in [2.75, 3.05) is 23.1 Å². The van der Waals surface area contributed by atoms with E-state index in [0.29, 0.717) is 12.4 Å². The monoisotopic (exact) mass is 398 g/mol. The summed E-state index contributed by atoms with van der Waals surface area (Å²) in [5, 5.41) is 0. The molecule has 9 heteroatoms. The van der Waals surface area contributed by atoms with Crippen LogP contribution in [0.25, 0.3) is 0 Å². The summed E-state index contributed by atoms with van der Waals surface area (Å²) < 4.78 is 24.8. The summed E-state index contributed by atoms with van der Waals surface area (Å²) >= 11 is 0. The molecule has 0 fully saturated rings. The first-order valence-corrected chi connectivity index (χ1v) is 10.0. The smallest absolute Gasteiger partial charge is 0.257 e. The molecule has 28 heavy (non-hydrogen) atoms. The highest BCUT2D eigenvalue weighted by Crippen LogP contribution is 2.26. The second-order valence-electron chi connectivity index (χ2n) is 6.34. The van der Waals surface area contributed by atoms with Crippen LogP contribution in [0.1, 0.15) is 11.1 Å². The average Bonchev–Trinajstić information content (AvgIpc) is 2.68. The maximum absolute atomic E-state index is 12.4. The molecule has 0 aliphatic heterocycles. The van der Waals surface area contributed by atoms with Gasteiger partial charge in [-0.25, -0.2) is 18.4 Å². The quantitative estimate of drug-likeness (QED) is 0.523. The van der Waals surface area contributed by atoms with E-state index in [1.165, 1.54) is 18.5 Å². The number of hydrazine groups is 1. The summed E-state index contributed by atoms with van der Waals surface area (Å²) in [6.45, 7) is 2.48.